The summed E-state index contributed by atoms with van der Waals surface area (Å²) in [6.07, 6.45) is -5.44. The minimum absolute atomic E-state index is 0.0427. The van der Waals surface area contributed by atoms with Crippen LogP contribution in [0.5, 0.6) is 5.75 Å². The van der Waals surface area contributed by atoms with Crippen LogP contribution >= 0.6 is 0 Å². The molecule has 12 heteroatoms. The highest BCUT2D eigenvalue weighted by Gasteiger charge is 2.68. The van der Waals surface area contributed by atoms with Gasteiger partial charge in [-0.3, -0.25) is 23.9 Å². The molecule has 0 aliphatic carbocycles. The van der Waals surface area contributed by atoms with Crippen molar-refractivity contribution in [1.29, 1.82) is 0 Å². The van der Waals surface area contributed by atoms with Gasteiger partial charge in [0.15, 0.2) is 0 Å². The van der Waals surface area contributed by atoms with E-state index in [1.165, 1.54) is 31.4 Å². The summed E-state index contributed by atoms with van der Waals surface area (Å²) >= 11 is 0. The molecule has 1 atom stereocenters. The zero-order valence-electron chi connectivity index (χ0n) is 17.5. The molecule has 2 heterocycles. The predicted octanol–water partition coefficient (Wildman–Crippen LogP) is 1.73. The number of halogens is 3. The molecule has 1 aromatic heterocycles. The van der Waals surface area contributed by atoms with Crippen LogP contribution < -0.4 is 26.6 Å². The summed E-state index contributed by atoms with van der Waals surface area (Å²) in [5.41, 5.74) is -7.13. The van der Waals surface area contributed by atoms with Crippen LogP contribution in [0.3, 0.4) is 0 Å². The average molecular weight is 474 g/mol. The molecule has 3 N–H and O–H groups in total. The topological polar surface area (TPSA) is 122 Å². The second-order valence-corrected chi connectivity index (χ2v) is 7.41. The Morgan fingerprint density at radius 1 is 1.06 bits per heavy atom. The van der Waals surface area contributed by atoms with E-state index in [0.29, 0.717) is 5.56 Å². The fourth-order valence-electron chi connectivity index (χ4n) is 3.81. The van der Waals surface area contributed by atoms with Crippen LogP contribution in [-0.2, 0) is 16.9 Å². The van der Waals surface area contributed by atoms with Gasteiger partial charge in [-0.2, -0.15) is 13.2 Å². The van der Waals surface area contributed by atoms with Gasteiger partial charge in [-0.05, 0) is 17.7 Å². The Hall–Kier alpha value is -4.35. The van der Waals surface area contributed by atoms with E-state index in [2.05, 4.69) is 0 Å². The molecule has 176 valence electrons. The van der Waals surface area contributed by atoms with Gasteiger partial charge in [0.05, 0.1) is 19.2 Å². The van der Waals surface area contributed by atoms with Crippen molar-refractivity contribution in [2.75, 3.05) is 12.4 Å². The van der Waals surface area contributed by atoms with E-state index < -0.39 is 46.2 Å². The number of aromatic amines is 1. The Kier molecular flexibility index (Phi) is 5.51. The summed E-state index contributed by atoms with van der Waals surface area (Å²) in [5, 5.41) is 3.68. The van der Waals surface area contributed by atoms with Crippen LogP contribution in [0.2, 0.25) is 0 Å². The molecule has 9 nitrogen and oxygen atoms in total. The van der Waals surface area contributed by atoms with Gasteiger partial charge in [-0.15, -0.1) is 0 Å². The highest BCUT2D eigenvalue weighted by atomic mass is 19.4. The van der Waals surface area contributed by atoms with Crippen LogP contribution in [0.4, 0.5) is 19.0 Å². The van der Waals surface area contributed by atoms with Crippen molar-refractivity contribution < 1.29 is 27.5 Å². The van der Waals surface area contributed by atoms with Crippen LogP contribution in [0.15, 0.2) is 64.2 Å². The van der Waals surface area contributed by atoms with Gasteiger partial charge >= 0.3 is 11.9 Å². The van der Waals surface area contributed by atoms with Gasteiger partial charge in [-0.1, -0.05) is 42.5 Å². The molecular weight excluding hydrogens is 457 g/mol. The van der Waals surface area contributed by atoms with E-state index in [1.54, 1.807) is 35.6 Å². The van der Waals surface area contributed by atoms with Crippen LogP contribution in [-0.4, -0.2) is 34.7 Å². The predicted molar refractivity (Wildman–Crippen MR) is 114 cm³/mol. The Balaban J connectivity index is 1.91. The quantitative estimate of drug-likeness (QED) is 0.520. The molecule has 4 rings (SSSR count). The molecule has 1 aliphatic rings. The summed E-state index contributed by atoms with van der Waals surface area (Å²) in [4.78, 5) is 52.7. The maximum absolute atomic E-state index is 14.5. The summed E-state index contributed by atoms with van der Waals surface area (Å²) in [7, 11) is 1.22. The normalized spacial score (nSPS) is 17.1. The molecule has 2 aromatic carbocycles. The van der Waals surface area contributed by atoms with E-state index in [-0.39, 0.29) is 17.9 Å². The smallest absolute Gasteiger partial charge is 0.425 e. The molecule has 0 unspecified atom stereocenters. The number of rotatable bonds is 5. The van der Waals surface area contributed by atoms with Gasteiger partial charge in [0, 0.05) is 0 Å². The third-order valence-corrected chi connectivity index (χ3v) is 5.41. The molecule has 0 fully saturated rings. The molecule has 0 saturated carbocycles. The Labute approximate surface area is 189 Å². The lowest BCUT2D eigenvalue weighted by Crippen LogP contribution is -2.62. The van der Waals surface area contributed by atoms with E-state index in [1.807, 2.05) is 10.3 Å². The number of alkyl halides is 3. The number of fused-ring (bicyclic) bond motifs is 1. The summed E-state index contributed by atoms with van der Waals surface area (Å²) in [5.74, 6) is -3.73. The molecule has 0 spiro atoms. The number of nitrogens with one attached hydrogen (secondary N) is 3. The average Bonchev–Trinajstić information content (AvgIpc) is 3.10. The fraction of sp³-hybridized carbons (Fsp3) is 0.182. The minimum atomic E-state index is -5.44. The van der Waals surface area contributed by atoms with Gasteiger partial charge in [-0.25, -0.2) is 4.79 Å². The van der Waals surface area contributed by atoms with E-state index in [4.69, 9.17) is 4.74 Å². The maximum Gasteiger partial charge on any atom is 0.425 e. The molecule has 34 heavy (non-hydrogen) atoms. The number of para-hydroxylation sites is 1. The van der Waals surface area contributed by atoms with E-state index in [9.17, 15) is 32.3 Å². The zero-order valence-corrected chi connectivity index (χ0v) is 17.5. The number of hydrogen-bond donors (Lipinski definition) is 3. The second-order valence-electron chi connectivity index (χ2n) is 7.41. The highest BCUT2D eigenvalue weighted by Crippen LogP contribution is 2.45. The fourth-order valence-corrected chi connectivity index (χ4v) is 3.81. The van der Waals surface area contributed by atoms with Crippen molar-refractivity contribution >= 4 is 17.6 Å². The Morgan fingerprint density at radius 2 is 1.71 bits per heavy atom. The summed E-state index contributed by atoms with van der Waals surface area (Å²) in [6, 6.07) is 13.7. The van der Waals surface area contributed by atoms with Gasteiger partial charge < -0.3 is 15.4 Å². The molecular formula is C22H17F3N4O5. The number of carbonyl (C=O) groups excluding carboxylic acids is 2. The minimum Gasteiger partial charge on any atom is -0.496 e. The summed E-state index contributed by atoms with van der Waals surface area (Å²) in [6.45, 7) is -0.243. The van der Waals surface area contributed by atoms with Crippen LogP contribution in [0, 0.1) is 0 Å². The SMILES string of the molecule is COc1ccccc1C(=O)N[C@@]1(C(F)(F)F)C(=O)Nc2c1c(=O)[nH]c(=O)n2Cc1ccccc1. The maximum atomic E-state index is 14.5. The Bertz CT molecular complexity index is 1400. The lowest BCUT2D eigenvalue weighted by molar-refractivity contribution is -0.196. The number of benzene rings is 2. The van der Waals surface area contributed by atoms with Crippen LogP contribution in [0.25, 0.3) is 0 Å². The first-order valence-electron chi connectivity index (χ1n) is 9.85. The van der Waals surface area contributed by atoms with Crippen molar-refractivity contribution in [3.05, 3.63) is 92.1 Å². The lowest BCUT2D eigenvalue weighted by Gasteiger charge is -2.30. The standard InChI is InChI=1S/C22H17F3N4O5/c1-34-14-10-6-5-9-13(14)17(30)28-21(22(23,24)25)15-16(26-19(21)32)29(20(33)27-18(15)31)11-12-7-3-2-4-8-12/h2-10H,11H2,1H3,(H,26,32)(H,28,30)(H,27,31,33)/t21-/m1/s1. The van der Waals surface area contributed by atoms with Crippen molar-refractivity contribution in [2.24, 2.45) is 0 Å². The number of aromatic nitrogens is 2. The van der Waals surface area contributed by atoms with E-state index in [0.717, 1.165) is 4.57 Å². The summed E-state index contributed by atoms with van der Waals surface area (Å²) < 4.78 is 49.3. The molecule has 0 bridgehead atoms. The molecule has 3 aromatic rings. The monoisotopic (exact) mass is 474 g/mol. The van der Waals surface area contributed by atoms with Crippen molar-refractivity contribution in [2.45, 2.75) is 18.3 Å². The van der Waals surface area contributed by atoms with Crippen molar-refractivity contribution in [3.8, 4) is 5.75 Å². The van der Waals surface area contributed by atoms with Gasteiger partial charge in [0.25, 0.3) is 22.9 Å². The number of H-pyrrole nitrogens is 1. The van der Waals surface area contributed by atoms with Gasteiger partial charge in [0.1, 0.15) is 17.1 Å². The number of nitrogens with zero attached hydrogens (tertiary/aromatic N) is 1. The molecule has 2 amide bonds. The van der Waals surface area contributed by atoms with Crippen LogP contribution in [0.1, 0.15) is 21.5 Å². The lowest BCUT2D eigenvalue weighted by atomic mass is 9.91. The first-order valence-corrected chi connectivity index (χ1v) is 9.85. The van der Waals surface area contributed by atoms with E-state index >= 15 is 0 Å². The second kappa shape index (κ2) is 8.21. The molecule has 0 radical (unpaired) electrons. The number of ether oxygens (including phenoxy) is 1. The first kappa shape index (κ1) is 22.8. The molecule has 1 aliphatic heterocycles. The first-order chi connectivity index (χ1) is 16.1. The number of methoxy groups -OCH3 is 1. The Morgan fingerprint density at radius 3 is 2.35 bits per heavy atom. The van der Waals surface area contributed by atoms with Crippen molar-refractivity contribution in [1.82, 2.24) is 14.9 Å². The third kappa shape index (κ3) is 3.52. The number of hydrogen-bond acceptors (Lipinski definition) is 5. The highest BCUT2D eigenvalue weighted by molar-refractivity contribution is 6.09. The largest absolute Gasteiger partial charge is 0.496 e. The van der Waals surface area contributed by atoms with Gasteiger partial charge in [0.2, 0.25) is 0 Å². The zero-order chi connectivity index (χ0) is 24.7. The number of carbonyl (C=O) groups is 2. The van der Waals surface area contributed by atoms with Crippen molar-refractivity contribution in [3.63, 3.8) is 0 Å². The third-order valence-electron chi connectivity index (χ3n) is 5.41. The number of amides is 2. The number of anilines is 1. The molecule has 0 saturated heterocycles.